The maximum absolute atomic E-state index is 5.79. The van der Waals surface area contributed by atoms with E-state index in [1.54, 1.807) is 7.11 Å². The van der Waals surface area contributed by atoms with Gasteiger partial charge in [-0.15, -0.1) is 0 Å². The Hall–Kier alpha value is -1.06. The Kier molecular flexibility index (Phi) is 3.28. The van der Waals surface area contributed by atoms with Gasteiger partial charge in [-0.3, -0.25) is 0 Å². The van der Waals surface area contributed by atoms with Crippen LogP contribution in [0, 0.1) is 6.92 Å². The van der Waals surface area contributed by atoms with Gasteiger partial charge in [0.05, 0.1) is 7.11 Å². The van der Waals surface area contributed by atoms with E-state index in [9.17, 15) is 0 Å². The predicted octanol–water partition coefficient (Wildman–Crippen LogP) is 0.962. The molecule has 0 fully saturated rings. The SMILES string of the molecule is COc1ccc([C@@H](N)CN)cc1C. The molecule has 0 saturated heterocycles. The Balaban J connectivity index is 2.95. The van der Waals surface area contributed by atoms with Gasteiger partial charge in [0.25, 0.3) is 0 Å². The monoisotopic (exact) mass is 180 g/mol. The van der Waals surface area contributed by atoms with Gasteiger partial charge in [-0.05, 0) is 24.1 Å². The minimum Gasteiger partial charge on any atom is -0.496 e. The molecular weight excluding hydrogens is 164 g/mol. The lowest BCUT2D eigenvalue weighted by Crippen LogP contribution is -2.20. The fraction of sp³-hybridized carbons (Fsp3) is 0.400. The summed E-state index contributed by atoms with van der Waals surface area (Å²) in [5, 5.41) is 0. The van der Waals surface area contributed by atoms with Crippen molar-refractivity contribution >= 4 is 0 Å². The molecule has 72 valence electrons. The lowest BCUT2D eigenvalue weighted by molar-refractivity contribution is 0.411. The molecule has 0 radical (unpaired) electrons. The van der Waals surface area contributed by atoms with E-state index in [2.05, 4.69) is 0 Å². The van der Waals surface area contributed by atoms with Crippen molar-refractivity contribution < 1.29 is 4.74 Å². The number of nitrogens with two attached hydrogens (primary N) is 2. The summed E-state index contributed by atoms with van der Waals surface area (Å²) in [6, 6.07) is 5.80. The normalized spacial score (nSPS) is 12.6. The maximum atomic E-state index is 5.79. The van der Waals surface area contributed by atoms with Crippen LogP contribution in [0.2, 0.25) is 0 Å². The largest absolute Gasteiger partial charge is 0.496 e. The van der Waals surface area contributed by atoms with Gasteiger partial charge in [0.2, 0.25) is 0 Å². The summed E-state index contributed by atoms with van der Waals surface area (Å²) in [4.78, 5) is 0. The first-order valence-electron chi connectivity index (χ1n) is 4.29. The maximum Gasteiger partial charge on any atom is 0.121 e. The molecule has 0 aliphatic carbocycles. The smallest absolute Gasteiger partial charge is 0.121 e. The zero-order chi connectivity index (χ0) is 9.84. The highest BCUT2D eigenvalue weighted by atomic mass is 16.5. The van der Waals surface area contributed by atoms with Crippen LogP contribution in [0.5, 0.6) is 5.75 Å². The molecule has 0 heterocycles. The number of rotatable bonds is 3. The van der Waals surface area contributed by atoms with Crippen molar-refractivity contribution in [3.8, 4) is 5.75 Å². The Morgan fingerprint density at radius 1 is 1.46 bits per heavy atom. The quantitative estimate of drug-likeness (QED) is 0.728. The van der Waals surface area contributed by atoms with E-state index in [0.29, 0.717) is 6.54 Å². The van der Waals surface area contributed by atoms with Gasteiger partial charge >= 0.3 is 0 Å². The molecule has 1 atom stereocenters. The molecule has 0 unspecified atom stereocenters. The molecule has 0 bridgehead atoms. The molecule has 0 spiro atoms. The second-order valence-corrected chi connectivity index (χ2v) is 3.07. The van der Waals surface area contributed by atoms with E-state index in [1.165, 1.54) is 0 Å². The highest BCUT2D eigenvalue weighted by Crippen LogP contribution is 2.20. The van der Waals surface area contributed by atoms with Gasteiger partial charge in [0.1, 0.15) is 5.75 Å². The Morgan fingerprint density at radius 2 is 2.15 bits per heavy atom. The lowest BCUT2D eigenvalue weighted by Gasteiger charge is -2.11. The first kappa shape index (κ1) is 10.0. The van der Waals surface area contributed by atoms with E-state index < -0.39 is 0 Å². The topological polar surface area (TPSA) is 61.3 Å². The molecule has 0 aliphatic heterocycles. The molecule has 3 heteroatoms. The third-order valence-electron chi connectivity index (χ3n) is 2.10. The van der Waals surface area contributed by atoms with Crippen LogP contribution >= 0.6 is 0 Å². The number of aryl methyl sites for hydroxylation is 1. The first-order chi connectivity index (χ1) is 6.19. The summed E-state index contributed by atoms with van der Waals surface area (Å²) in [6.07, 6.45) is 0. The molecule has 4 N–H and O–H groups in total. The summed E-state index contributed by atoms with van der Waals surface area (Å²) in [7, 11) is 1.66. The fourth-order valence-electron chi connectivity index (χ4n) is 1.27. The van der Waals surface area contributed by atoms with Gasteiger partial charge < -0.3 is 16.2 Å². The third kappa shape index (κ3) is 2.20. The van der Waals surface area contributed by atoms with E-state index in [4.69, 9.17) is 16.2 Å². The van der Waals surface area contributed by atoms with Crippen molar-refractivity contribution in [2.45, 2.75) is 13.0 Å². The van der Waals surface area contributed by atoms with Gasteiger partial charge in [0, 0.05) is 12.6 Å². The average molecular weight is 180 g/mol. The Labute approximate surface area is 78.7 Å². The molecule has 1 aromatic rings. The van der Waals surface area contributed by atoms with Gasteiger partial charge in [0.15, 0.2) is 0 Å². The summed E-state index contributed by atoms with van der Waals surface area (Å²) in [6.45, 7) is 2.46. The molecule has 1 rings (SSSR count). The summed E-state index contributed by atoms with van der Waals surface area (Å²) in [5.41, 5.74) is 13.4. The van der Waals surface area contributed by atoms with Crippen molar-refractivity contribution in [1.29, 1.82) is 0 Å². The lowest BCUT2D eigenvalue weighted by atomic mass is 10.0. The van der Waals surface area contributed by atoms with Crippen LogP contribution in [0.15, 0.2) is 18.2 Å². The standard InChI is InChI=1S/C10H16N2O/c1-7-5-8(9(12)6-11)3-4-10(7)13-2/h3-5,9H,6,11-12H2,1-2H3/t9-/m0/s1. The first-order valence-corrected chi connectivity index (χ1v) is 4.29. The van der Waals surface area contributed by atoms with E-state index in [-0.39, 0.29) is 6.04 Å². The van der Waals surface area contributed by atoms with Crippen molar-refractivity contribution in [1.82, 2.24) is 0 Å². The van der Waals surface area contributed by atoms with Crippen LogP contribution < -0.4 is 16.2 Å². The van der Waals surface area contributed by atoms with E-state index in [1.807, 2.05) is 25.1 Å². The zero-order valence-corrected chi connectivity index (χ0v) is 8.08. The molecule has 0 saturated carbocycles. The Morgan fingerprint density at radius 3 is 2.62 bits per heavy atom. The number of methoxy groups -OCH3 is 1. The number of ether oxygens (including phenoxy) is 1. The molecular formula is C10H16N2O. The van der Waals surface area contributed by atoms with Crippen molar-refractivity contribution in [3.05, 3.63) is 29.3 Å². The van der Waals surface area contributed by atoms with E-state index in [0.717, 1.165) is 16.9 Å². The van der Waals surface area contributed by atoms with Crippen molar-refractivity contribution in [2.75, 3.05) is 13.7 Å². The van der Waals surface area contributed by atoms with Gasteiger partial charge in [-0.25, -0.2) is 0 Å². The minimum atomic E-state index is -0.0791. The van der Waals surface area contributed by atoms with Crippen LogP contribution in [0.25, 0.3) is 0 Å². The highest BCUT2D eigenvalue weighted by Gasteiger charge is 2.05. The summed E-state index contributed by atoms with van der Waals surface area (Å²) in [5.74, 6) is 0.882. The van der Waals surface area contributed by atoms with Gasteiger partial charge in [-0.1, -0.05) is 12.1 Å². The molecule has 13 heavy (non-hydrogen) atoms. The molecule has 1 aromatic carbocycles. The Bertz CT molecular complexity index is 286. The second-order valence-electron chi connectivity index (χ2n) is 3.07. The molecule has 0 aromatic heterocycles. The third-order valence-corrected chi connectivity index (χ3v) is 2.10. The molecule has 0 amide bonds. The number of hydrogen-bond donors (Lipinski definition) is 2. The minimum absolute atomic E-state index is 0.0791. The van der Waals surface area contributed by atoms with Crippen LogP contribution in [-0.4, -0.2) is 13.7 Å². The fourth-order valence-corrected chi connectivity index (χ4v) is 1.27. The van der Waals surface area contributed by atoms with Crippen LogP contribution in [0.4, 0.5) is 0 Å². The highest BCUT2D eigenvalue weighted by molar-refractivity contribution is 5.37. The van der Waals surface area contributed by atoms with Crippen LogP contribution in [0.3, 0.4) is 0 Å². The molecule has 3 nitrogen and oxygen atoms in total. The van der Waals surface area contributed by atoms with Gasteiger partial charge in [-0.2, -0.15) is 0 Å². The summed E-state index contributed by atoms with van der Waals surface area (Å²) < 4.78 is 5.14. The second kappa shape index (κ2) is 4.25. The van der Waals surface area contributed by atoms with Crippen molar-refractivity contribution in [3.63, 3.8) is 0 Å². The van der Waals surface area contributed by atoms with Crippen LogP contribution in [0.1, 0.15) is 17.2 Å². The number of hydrogen-bond acceptors (Lipinski definition) is 3. The predicted molar refractivity (Wildman–Crippen MR) is 53.7 cm³/mol. The zero-order valence-electron chi connectivity index (χ0n) is 8.08. The number of benzene rings is 1. The van der Waals surface area contributed by atoms with Crippen molar-refractivity contribution in [2.24, 2.45) is 11.5 Å². The summed E-state index contributed by atoms with van der Waals surface area (Å²) >= 11 is 0. The van der Waals surface area contributed by atoms with E-state index >= 15 is 0 Å². The average Bonchev–Trinajstić information content (AvgIpc) is 2.16. The molecule has 0 aliphatic rings. The van der Waals surface area contributed by atoms with Crippen LogP contribution in [-0.2, 0) is 0 Å².